The van der Waals surface area contributed by atoms with Crippen molar-refractivity contribution in [2.75, 3.05) is 28.1 Å². The van der Waals surface area contributed by atoms with Crippen molar-refractivity contribution in [2.24, 2.45) is 0 Å². The number of nitrogens with zero attached hydrogens (tertiary/aromatic N) is 2. The lowest BCUT2D eigenvalue weighted by Gasteiger charge is -2.19. The van der Waals surface area contributed by atoms with Gasteiger partial charge in [-0.1, -0.05) is 30.3 Å². The van der Waals surface area contributed by atoms with Crippen molar-refractivity contribution in [1.29, 1.82) is 0 Å². The molecule has 0 atom stereocenters. The Morgan fingerprint density at radius 2 is 1.63 bits per heavy atom. The number of ether oxygens (including phenoxy) is 6. The number of esters is 1. The number of carbonyl (C=O) groups excluding carboxylic acids is 1. The summed E-state index contributed by atoms with van der Waals surface area (Å²) >= 11 is 0. The van der Waals surface area contributed by atoms with Crippen molar-refractivity contribution >= 4 is 5.97 Å². The number of fused-ring (bicyclic) bond motifs is 1. The Balaban J connectivity index is 1.62. The maximum atomic E-state index is 14.1. The van der Waals surface area contributed by atoms with Crippen LogP contribution in [-0.4, -0.2) is 43.6 Å². The van der Waals surface area contributed by atoms with E-state index in [0.717, 1.165) is 16.7 Å². The van der Waals surface area contributed by atoms with E-state index in [0.29, 0.717) is 63.6 Å². The predicted octanol–water partition coefficient (Wildman–Crippen LogP) is 4.77. The molecule has 3 aromatic carbocycles. The summed E-state index contributed by atoms with van der Waals surface area (Å²) in [6.45, 7) is 5.43. The normalized spacial score (nSPS) is 11.8. The van der Waals surface area contributed by atoms with Crippen LogP contribution in [0.15, 0.2) is 53.5 Å². The molecule has 224 valence electrons. The summed E-state index contributed by atoms with van der Waals surface area (Å²) in [4.78, 5) is 30.8. The standard InChI is InChI=1S/C33H34N2O8/c1-19-29(39-5)24(14-27(38-4)31(19)40-6)13-26-33(37)35(17-22-10-8-7-9-11-22)25(16-34-26)12-23-15-28-32(42-18-41-28)20(2)30(23)43-21(3)36/h7-11,14-16H,12-13,17-18H2,1-6H3. The quantitative estimate of drug-likeness (QED) is 0.192. The molecule has 0 fully saturated rings. The van der Waals surface area contributed by atoms with Gasteiger partial charge in [0.05, 0.1) is 27.9 Å². The minimum absolute atomic E-state index is 0.0766. The van der Waals surface area contributed by atoms with Crippen LogP contribution in [0.25, 0.3) is 0 Å². The first-order valence-electron chi connectivity index (χ1n) is 13.8. The Hall–Kier alpha value is -4.99. The third kappa shape index (κ3) is 5.86. The van der Waals surface area contributed by atoms with Crippen LogP contribution in [0.1, 0.15) is 46.1 Å². The van der Waals surface area contributed by atoms with Crippen LogP contribution in [0.2, 0.25) is 0 Å². The van der Waals surface area contributed by atoms with Crippen molar-refractivity contribution in [3.63, 3.8) is 0 Å². The van der Waals surface area contributed by atoms with Crippen LogP contribution in [0.5, 0.6) is 34.5 Å². The van der Waals surface area contributed by atoms with E-state index in [4.69, 9.17) is 28.4 Å². The van der Waals surface area contributed by atoms with Gasteiger partial charge >= 0.3 is 5.97 Å². The van der Waals surface area contributed by atoms with Gasteiger partial charge in [-0.05, 0) is 31.5 Å². The van der Waals surface area contributed by atoms with Crippen molar-refractivity contribution in [1.82, 2.24) is 9.55 Å². The van der Waals surface area contributed by atoms with E-state index >= 15 is 0 Å². The minimum Gasteiger partial charge on any atom is -0.496 e. The summed E-state index contributed by atoms with van der Waals surface area (Å²) in [5.41, 5.74) is 4.50. The molecule has 1 aliphatic rings. The summed E-state index contributed by atoms with van der Waals surface area (Å²) in [5, 5.41) is 0. The van der Waals surface area contributed by atoms with Crippen LogP contribution >= 0.6 is 0 Å². The highest BCUT2D eigenvalue weighted by Gasteiger charge is 2.25. The second-order valence-electron chi connectivity index (χ2n) is 10.2. The molecule has 10 nitrogen and oxygen atoms in total. The molecule has 4 aromatic rings. The molecule has 2 heterocycles. The zero-order valence-electron chi connectivity index (χ0n) is 25.1. The van der Waals surface area contributed by atoms with Gasteiger partial charge in [0.1, 0.15) is 17.2 Å². The van der Waals surface area contributed by atoms with E-state index in [-0.39, 0.29) is 25.2 Å². The third-order valence-corrected chi connectivity index (χ3v) is 7.42. The number of benzene rings is 3. The Labute approximate surface area is 249 Å². The average Bonchev–Trinajstić information content (AvgIpc) is 3.47. The lowest BCUT2D eigenvalue weighted by Crippen LogP contribution is -2.29. The van der Waals surface area contributed by atoms with Crippen molar-refractivity contribution in [2.45, 2.75) is 40.2 Å². The van der Waals surface area contributed by atoms with E-state index in [9.17, 15) is 9.59 Å². The maximum absolute atomic E-state index is 14.1. The first kappa shape index (κ1) is 29.5. The molecule has 0 amide bonds. The first-order chi connectivity index (χ1) is 20.7. The summed E-state index contributed by atoms with van der Waals surface area (Å²) < 4.78 is 35.4. The van der Waals surface area contributed by atoms with Crippen molar-refractivity contribution in [3.8, 4) is 34.5 Å². The van der Waals surface area contributed by atoms with Gasteiger partial charge in [-0.2, -0.15) is 0 Å². The lowest BCUT2D eigenvalue weighted by molar-refractivity contribution is -0.132. The highest BCUT2D eigenvalue weighted by Crippen LogP contribution is 2.44. The molecule has 0 bridgehead atoms. The van der Waals surface area contributed by atoms with Crippen LogP contribution in [0.4, 0.5) is 0 Å². The van der Waals surface area contributed by atoms with E-state index in [1.807, 2.05) is 50.2 Å². The summed E-state index contributed by atoms with van der Waals surface area (Å²) in [7, 11) is 4.71. The fourth-order valence-electron chi connectivity index (χ4n) is 5.45. The second-order valence-corrected chi connectivity index (χ2v) is 10.2. The molecule has 0 radical (unpaired) electrons. The third-order valence-electron chi connectivity index (χ3n) is 7.42. The Kier molecular flexibility index (Phi) is 8.56. The molecular weight excluding hydrogens is 552 g/mol. The predicted molar refractivity (Wildman–Crippen MR) is 159 cm³/mol. The highest BCUT2D eigenvalue weighted by molar-refractivity contribution is 5.72. The van der Waals surface area contributed by atoms with Gasteiger partial charge in [0.2, 0.25) is 6.79 Å². The summed E-state index contributed by atoms with van der Waals surface area (Å²) in [5.74, 6) is 2.71. The molecule has 10 heteroatoms. The Bertz CT molecular complexity index is 1730. The van der Waals surface area contributed by atoms with Gasteiger partial charge in [0.25, 0.3) is 5.56 Å². The number of carbonyl (C=O) groups is 1. The van der Waals surface area contributed by atoms with Crippen molar-refractivity contribution in [3.05, 3.63) is 98.2 Å². The smallest absolute Gasteiger partial charge is 0.308 e. The summed E-state index contributed by atoms with van der Waals surface area (Å²) in [6, 6.07) is 13.3. The van der Waals surface area contributed by atoms with E-state index in [1.54, 1.807) is 38.2 Å². The molecule has 43 heavy (non-hydrogen) atoms. The maximum Gasteiger partial charge on any atom is 0.308 e. The topological polar surface area (TPSA) is 107 Å². The van der Waals surface area contributed by atoms with E-state index < -0.39 is 5.97 Å². The van der Waals surface area contributed by atoms with Crippen LogP contribution < -0.4 is 34.0 Å². The van der Waals surface area contributed by atoms with Gasteiger partial charge in [0, 0.05) is 53.9 Å². The first-order valence-corrected chi connectivity index (χ1v) is 13.8. The Morgan fingerprint density at radius 3 is 2.30 bits per heavy atom. The zero-order chi connectivity index (χ0) is 30.7. The molecule has 0 saturated heterocycles. The minimum atomic E-state index is -0.461. The largest absolute Gasteiger partial charge is 0.496 e. The number of hydrogen-bond donors (Lipinski definition) is 0. The molecule has 1 aromatic heterocycles. The molecule has 0 aliphatic carbocycles. The van der Waals surface area contributed by atoms with E-state index in [2.05, 4.69) is 4.98 Å². The molecule has 0 spiro atoms. The van der Waals surface area contributed by atoms with Gasteiger partial charge in [-0.25, -0.2) is 0 Å². The van der Waals surface area contributed by atoms with E-state index in [1.165, 1.54) is 6.92 Å². The lowest BCUT2D eigenvalue weighted by atomic mass is 10.0. The number of hydrogen-bond acceptors (Lipinski definition) is 9. The average molecular weight is 587 g/mol. The van der Waals surface area contributed by atoms with Gasteiger partial charge < -0.3 is 33.0 Å². The molecule has 0 saturated carbocycles. The molecule has 0 unspecified atom stereocenters. The molecular formula is C33H34N2O8. The van der Waals surface area contributed by atoms with Crippen LogP contribution in [0, 0.1) is 13.8 Å². The summed E-state index contributed by atoms with van der Waals surface area (Å²) in [6.07, 6.45) is 2.16. The number of methoxy groups -OCH3 is 3. The highest BCUT2D eigenvalue weighted by atomic mass is 16.7. The van der Waals surface area contributed by atoms with Crippen molar-refractivity contribution < 1.29 is 33.2 Å². The number of aromatic nitrogens is 2. The second kappa shape index (κ2) is 12.5. The fourth-order valence-corrected chi connectivity index (χ4v) is 5.45. The fraction of sp³-hybridized carbons (Fsp3) is 0.303. The SMILES string of the molecule is COc1cc(Cc2ncc(Cc3cc4c(c(C)c3OC(C)=O)OCO4)n(Cc3ccccc3)c2=O)c(OC)c(C)c1OC. The molecule has 1 aliphatic heterocycles. The van der Waals surface area contributed by atoms with Crippen LogP contribution in [0.3, 0.4) is 0 Å². The van der Waals surface area contributed by atoms with Gasteiger partial charge in [-0.3, -0.25) is 14.6 Å². The number of rotatable bonds is 10. The Morgan fingerprint density at radius 1 is 0.907 bits per heavy atom. The molecule has 0 N–H and O–H groups in total. The van der Waals surface area contributed by atoms with Gasteiger partial charge in [0.15, 0.2) is 23.0 Å². The molecule has 5 rings (SSSR count). The van der Waals surface area contributed by atoms with Crippen LogP contribution in [-0.2, 0) is 24.2 Å². The monoisotopic (exact) mass is 586 g/mol. The van der Waals surface area contributed by atoms with Gasteiger partial charge in [-0.15, -0.1) is 0 Å². The zero-order valence-corrected chi connectivity index (χ0v) is 25.1.